The van der Waals surface area contributed by atoms with Crippen LogP contribution in [-0.2, 0) is 6.54 Å². The molecule has 0 saturated carbocycles. The number of benzene rings is 2. The normalized spacial score (nSPS) is 11.5. The van der Waals surface area contributed by atoms with Gasteiger partial charge < -0.3 is 9.67 Å². The van der Waals surface area contributed by atoms with Crippen LogP contribution in [0.3, 0.4) is 0 Å². The maximum atomic E-state index is 10.9. The maximum Gasteiger partial charge on any atom is 0.311 e. The van der Waals surface area contributed by atoms with Crippen LogP contribution in [0.25, 0.3) is 22.1 Å². The Morgan fingerprint density at radius 2 is 2.10 bits per heavy atom. The van der Waals surface area contributed by atoms with E-state index in [1.807, 2.05) is 24.3 Å². The molecule has 0 spiro atoms. The molecule has 30 heavy (non-hydrogen) atoms. The third kappa shape index (κ3) is 3.62. The summed E-state index contributed by atoms with van der Waals surface area (Å²) in [5.74, 6) is -0.185. The number of nitro groups is 1. The molecule has 0 saturated heterocycles. The maximum absolute atomic E-state index is 10.9. The van der Waals surface area contributed by atoms with Gasteiger partial charge >= 0.3 is 5.69 Å². The van der Waals surface area contributed by atoms with Gasteiger partial charge in [-0.05, 0) is 24.6 Å². The van der Waals surface area contributed by atoms with Crippen molar-refractivity contribution in [2.24, 2.45) is 5.10 Å². The lowest BCUT2D eigenvalue weighted by Gasteiger charge is -2.05. The fraction of sp³-hybridized carbons (Fsp3) is 0.200. The van der Waals surface area contributed by atoms with Crippen molar-refractivity contribution in [3.63, 3.8) is 0 Å². The second-order valence-corrected chi connectivity index (χ2v) is 6.71. The summed E-state index contributed by atoms with van der Waals surface area (Å²) in [6, 6.07) is 12.0. The van der Waals surface area contributed by atoms with Crippen LogP contribution in [0, 0.1) is 10.1 Å². The van der Waals surface area contributed by atoms with E-state index in [0.29, 0.717) is 5.56 Å². The van der Waals surface area contributed by atoms with Crippen LogP contribution in [0.15, 0.2) is 47.6 Å². The van der Waals surface area contributed by atoms with Gasteiger partial charge in [0.05, 0.1) is 16.7 Å². The van der Waals surface area contributed by atoms with Gasteiger partial charge in [-0.2, -0.15) is 10.1 Å². The first kappa shape index (κ1) is 19.2. The second kappa shape index (κ2) is 8.11. The molecular weight excluding hydrogens is 386 g/mol. The van der Waals surface area contributed by atoms with E-state index in [0.717, 1.165) is 41.5 Å². The molecule has 0 fully saturated rings. The zero-order valence-corrected chi connectivity index (χ0v) is 16.2. The van der Waals surface area contributed by atoms with Crippen molar-refractivity contribution >= 4 is 39.9 Å². The van der Waals surface area contributed by atoms with Crippen LogP contribution in [0.4, 0.5) is 11.6 Å². The number of phenols is 1. The summed E-state index contributed by atoms with van der Waals surface area (Å²) in [6.45, 7) is 2.95. The monoisotopic (exact) mass is 405 g/mol. The van der Waals surface area contributed by atoms with Gasteiger partial charge in [-0.3, -0.25) is 10.1 Å². The number of nitro benzene ring substituents is 1. The fourth-order valence-corrected chi connectivity index (χ4v) is 3.23. The molecule has 0 atom stereocenters. The number of phenolic OH excluding ortho intramolecular Hbond substituents is 1. The lowest BCUT2D eigenvalue weighted by molar-refractivity contribution is -0.385. The molecule has 0 aliphatic heterocycles. The molecule has 0 amide bonds. The molecule has 10 nitrogen and oxygen atoms in total. The Kier molecular flexibility index (Phi) is 5.21. The molecule has 2 aromatic carbocycles. The van der Waals surface area contributed by atoms with Crippen molar-refractivity contribution in [2.75, 3.05) is 5.43 Å². The van der Waals surface area contributed by atoms with Crippen LogP contribution >= 0.6 is 0 Å². The van der Waals surface area contributed by atoms with E-state index in [1.54, 1.807) is 0 Å². The molecule has 0 unspecified atom stereocenters. The standard InChI is InChI=1S/C20H19N7O3/c1-2-3-10-26-15-7-5-4-6-14(15)18-19(26)22-20(25-23-18)24-21-12-13-8-9-17(28)16(11-13)27(29)30/h4-9,11-12,28H,2-3,10H2,1H3,(H,22,24,25)/b21-12+. The van der Waals surface area contributed by atoms with Gasteiger partial charge in [0.25, 0.3) is 5.95 Å². The van der Waals surface area contributed by atoms with Crippen LogP contribution < -0.4 is 5.43 Å². The number of nitrogens with zero attached hydrogens (tertiary/aromatic N) is 6. The molecule has 0 bridgehead atoms. The highest BCUT2D eigenvalue weighted by Gasteiger charge is 2.15. The number of aryl methyl sites for hydroxylation is 1. The average molecular weight is 405 g/mol. The largest absolute Gasteiger partial charge is 0.502 e. The van der Waals surface area contributed by atoms with Crippen molar-refractivity contribution < 1.29 is 10.0 Å². The van der Waals surface area contributed by atoms with Crippen molar-refractivity contribution in [3.8, 4) is 5.75 Å². The highest BCUT2D eigenvalue weighted by Crippen LogP contribution is 2.27. The van der Waals surface area contributed by atoms with E-state index < -0.39 is 16.4 Å². The van der Waals surface area contributed by atoms with E-state index in [-0.39, 0.29) is 5.95 Å². The zero-order chi connectivity index (χ0) is 21.1. The summed E-state index contributed by atoms with van der Waals surface area (Å²) in [4.78, 5) is 14.8. The van der Waals surface area contributed by atoms with Gasteiger partial charge in [0, 0.05) is 23.6 Å². The molecule has 0 aliphatic rings. The predicted molar refractivity (Wildman–Crippen MR) is 114 cm³/mol. The lowest BCUT2D eigenvalue weighted by Crippen LogP contribution is -2.03. The molecule has 2 heterocycles. The first-order valence-electron chi connectivity index (χ1n) is 9.46. The molecular formula is C20H19N7O3. The van der Waals surface area contributed by atoms with E-state index in [2.05, 4.69) is 37.2 Å². The molecule has 0 radical (unpaired) electrons. The summed E-state index contributed by atoms with van der Waals surface area (Å²) in [5, 5.41) is 33.9. The minimum Gasteiger partial charge on any atom is -0.502 e. The number of rotatable bonds is 7. The average Bonchev–Trinajstić information content (AvgIpc) is 3.06. The summed E-state index contributed by atoms with van der Waals surface area (Å²) in [7, 11) is 0. The number of anilines is 1. The van der Waals surface area contributed by atoms with Crippen LogP contribution in [0.5, 0.6) is 5.75 Å². The van der Waals surface area contributed by atoms with Crippen molar-refractivity contribution in [2.45, 2.75) is 26.3 Å². The molecule has 4 aromatic rings. The van der Waals surface area contributed by atoms with Gasteiger partial charge in [-0.15, -0.1) is 10.2 Å². The van der Waals surface area contributed by atoms with E-state index in [4.69, 9.17) is 0 Å². The number of para-hydroxylation sites is 1. The Hall–Kier alpha value is -4.08. The summed E-state index contributed by atoms with van der Waals surface area (Å²) in [5.41, 5.74) is 5.27. The van der Waals surface area contributed by atoms with Crippen molar-refractivity contribution in [3.05, 3.63) is 58.1 Å². The third-order valence-corrected chi connectivity index (χ3v) is 4.68. The molecule has 4 rings (SSSR count). The van der Waals surface area contributed by atoms with Crippen molar-refractivity contribution in [1.29, 1.82) is 0 Å². The highest BCUT2D eigenvalue weighted by molar-refractivity contribution is 6.04. The first-order valence-corrected chi connectivity index (χ1v) is 9.46. The van der Waals surface area contributed by atoms with Crippen molar-refractivity contribution in [1.82, 2.24) is 19.7 Å². The van der Waals surface area contributed by atoms with Crippen LogP contribution in [-0.4, -0.2) is 36.0 Å². The highest BCUT2D eigenvalue weighted by atomic mass is 16.6. The van der Waals surface area contributed by atoms with E-state index >= 15 is 0 Å². The predicted octanol–water partition coefficient (Wildman–Crippen LogP) is 3.84. The Bertz CT molecular complexity index is 1270. The summed E-state index contributed by atoms with van der Waals surface area (Å²) in [6.07, 6.45) is 3.45. The van der Waals surface area contributed by atoms with Gasteiger partial charge in [0.1, 0.15) is 5.52 Å². The first-order chi connectivity index (χ1) is 14.6. The minimum atomic E-state index is -0.657. The lowest BCUT2D eigenvalue weighted by atomic mass is 10.2. The zero-order valence-electron chi connectivity index (χ0n) is 16.2. The quantitative estimate of drug-likeness (QED) is 0.271. The number of hydrogen-bond acceptors (Lipinski definition) is 8. The molecule has 10 heteroatoms. The molecule has 0 aliphatic carbocycles. The molecule has 2 N–H and O–H groups in total. The summed E-state index contributed by atoms with van der Waals surface area (Å²) < 4.78 is 2.13. The number of nitrogens with one attached hydrogen (secondary N) is 1. The SMILES string of the molecule is CCCCn1c2ccccc2c2nnc(N/N=C/c3ccc(O)c([N+](=O)[O-])c3)nc21. The number of hydrogen-bond donors (Lipinski definition) is 2. The van der Waals surface area contributed by atoms with Crippen LogP contribution in [0.1, 0.15) is 25.3 Å². The minimum absolute atomic E-state index is 0.215. The Balaban J connectivity index is 1.64. The molecule has 152 valence electrons. The smallest absolute Gasteiger partial charge is 0.311 e. The van der Waals surface area contributed by atoms with Gasteiger partial charge in [0.2, 0.25) is 0 Å². The Morgan fingerprint density at radius 3 is 2.90 bits per heavy atom. The molecule has 2 aromatic heterocycles. The third-order valence-electron chi connectivity index (χ3n) is 4.68. The van der Waals surface area contributed by atoms with Gasteiger partial charge in [-0.1, -0.05) is 31.5 Å². The number of hydrazone groups is 1. The van der Waals surface area contributed by atoms with Gasteiger partial charge in [-0.25, -0.2) is 5.43 Å². The summed E-state index contributed by atoms with van der Waals surface area (Å²) >= 11 is 0. The number of aromatic hydroxyl groups is 1. The topological polar surface area (TPSA) is 131 Å². The van der Waals surface area contributed by atoms with Crippen LogP contribution in [0.2, 0.25) is 0 Å². The Morgan fingerprint density at radius 1 is 1.27 bits per heavy atom. The second-order valence-electron chi connectivity index (χ2n) is 6.71. The fourth-order valence-electron chi connectivity index (χ4n) is 3.23. The van der Waals surface area contributed by atoms with E-state index in [1.165, 1.54) is 24.4 Å². The number of fused-ring (bicyclic) bond motifs is 3. The van der Waals surface area contributed by atoms with Gasteiger partial charge in [0.15, 0.2) is 11.4 Å². The Labute approximate surface area is 171 Å². The number of aromatic nitrogens is 4. The number of unbranched alkanes of at least 4 members (excludes halogenated alkanes) is 1. The van der Waals surface area contributed by atoms with E-state index in [9.17, 15) is 15.2 Å².